The van der Waals surface area contributed by atoms with Crippen molar-refractivity contribution >= 4 is 35.6 Å². The Bertz CT molecular complexity index is 728. The lowest BCUT2D eigenvalue weighted by Crippen LogP contribution is -2.27. The summed E-state index contributed by atoms with van der Waals surface area (Å²) in [5.74, 6) is 1.07. The highest BCUT2D eigenvalue weighted by Crippen LogP contribution is 2.38. The topological polar surface area (TPSA) is 26.0 Å². The SMILES string of the molecule is C=C(Cc1cc(Cl)c(-c2ccccc2)c(Cl)c1)C(CN)C1CCCCC1.Cl. The Kier molecular flexibility index (Phi) is 8.69. The van der Waals surface area contributed by atoms with Gasteiger partial charge in [-0.05, 0) is 60.9 Å². The second kappa shape index (κ2) is 10.5. The first-order valence-electron chi connectivity index (χ1n) is 9.51. The van der Waals surface area contributed by atoms with Crippen LogP contribution in [0.4, 0.5) is 0 Å². The number of hydrogen-bond acceptors (Lipinski definition) is 1. The number of rotatable bonds is 6. The molecule has 0 amide bonds. The Morgan fingerprint density at radius 2 is 1.63 bits per heavy atom. The van der Waals surface area contributed by atoms with E-state index in [0.717, 1.165) is 23.1 Å². The van der Waals surface area contributed by atoms with Crippen LogP contribution in [0.15, 0.2) is 54.6 Å². The number of nitrogens with two attached hydrogens (primary N) is 1. The largest absolute Gasteiger partial charge is 0.330 e. The third-order valence-corrected chi connectivity index (χ3v) is 6.19. The molecule has 0 saturated heterocycles. The van der Waals surface area contributed by atoms with E-state index in [2.05, 4.69) is 6.58 Å². The minimum absolute atomic E-state index is 0. The van der Waals surface area contributed by atoms with E-state index >= 15 is 0 Å². The summed E-state index contributed by atoms with van der Waals surface area (Å²) in [6, 6.07) is 14.1. The maximum atomic E-state index is 6.58. The van der Waals surface area contributed by atoms with Crippen molar-refractivity contribution in [3.63, 3.8) is 0 Å². The molecule has 1 atom stereocenters. The van der Waals surface area contributed by atoms with E-state index in [0.29, 0.717) is 28.4 Å². The molecule has 0 bridgehead atoms. The standard InChI is InChI=1S/C23H27Cl2N.ClH/c1-16(20(15-26)18-8-4-2-5-9-18)12-17-13-21(24)23(22(25)14-17)19-10-6-3-7-11-19;/h3,6-7,10-11,13-14,18,20H,1-2,4-5,8-9,12,15,26H2;1H. The van der Waals surface area contributed by atoms with E-state index in [1.807, 2.05) is 42.5 Å². The van der Waals surface area contributed by atoms with E-state index in [4.69, 9.17) is 28.9 Å². The molecule has 1 unspecified atom stereocenters. The minimum Gasteiger partial charge on any atom is -0.330 e. The van der Waals surface area contributed by atoms with Gasteiger partial charge in [0, 0.05) is 5.56 Å². The monoisotopic (exact) mass is 423 g/mol. The lowest BCUT2D eigenvalue weighted by molar-refractivity contribution is 0.279. The molecule has 3 rings (SSSR count). The molecule has 0 radical (unpaired) electrons. The van der Waals surface area contributed by atoms with Crippen LogP contribution >= 0.6 is 35.6 Å². The van der Waals surface area contributed by atoms with Gasteiger partial charge < -0.3 is 5.73 Å². The molecule has 0 aromatic heterocycles. The average molecular weight is 425 g/mol. The third-order valence-electron chi connectivity index (χ3n) is 5.59. The minimum atomic E-state index is 0. The fourth-order valence-corrected chi connectivity index (χ4v) is 4.98. The molecule has 0 heterocycles. The molecule has 27 heavy (non-hydrogen) atoms. The Hall–Kier alpha value is -0.990. The van der Waals surface area contributed by atoms with E-state index in [9.17, 15) is 0 Å². The van der Waals surface area contributed by atoms with E-state index < -0.39 is 0 Å². The molecule has 2 aromatic rings. The molecule has 1 saturated carbocycles. The zero-order chi connectivity index (χ0) is 18.5. The number of hydrogen-bond donors (Lipinski definition) is 1. The highest BCUT2D eigenvalue weighted by molar-refractivity contribution is 6.39. The van der Waals surface area contributed by atoms with Crippen LogP contribution in [-0.2, 0) is 6.42 Å². The van der Waals surface area contributed by atoms with Gasteiger partial charge in [-0.1, -0.05) is 84.9 Å². The second-order valence-corrected chi connectivity index (χ2v) is 8.19. The average Bonchev–Trinajstić information content (AvgIpc) is 2.63. The van der Waals surface area contributed by atoms with Gasteiger partial charge in [-0.15, -0.1) is 12.4 Å². The first-order valence-corrected chi connectivity index (χ1v) is 10.3. The van der Waals surface area contributed by atoms with Crippen LogP contribution < -0.4 is 5.73 Å². The third kappa shape index (κ3) is 5.51. The van der Waals surface area contributed by atoms with Crippen molar-refractivity contribution < 1.29 is 0 Å². The molecule has 1 aliphatic carbocycles. The lowest BCUT2D eigenvalue weighted by atomic mass is 9.75. The molecular weight excluding hydrogens is 397 g/mol. The van der Waals surface area contributed by atoms with Gasteiger partial charge in [0.15, 0.2) is 0 Å². The van der Waals surface area contributed by atoms with Gasteiger partial charge in [-0.2, -0.15) is 0 Å². The predicted molar refractivity (Wildman–Crippen MR) is 121 cm³/mol. The first kappa shape index (κ1) is 22.3. The molecule has 2 aromatic carbocycles. The molecule has 1 fully saturated rings. The Morgan fingerprint density at radius 1 is 1.04 bits per heavy atom. The Morgan fingerprint density at radius 3 is 2.19 bits per heavy atom. The zero-order valence-corrected chi connectivity index (χ0v) is 17.9. The normalized spacial score (nSPS) is 15.8. The Balaban J connectivity index is 0.00000261. The fraction of sp³-hybridized carbons (Fsp3) is 0.391. The van der Waals surface area contributed by atoms with Crippen LogP contribution in [0, 0.1) is 11.8 Å². The highest BCUT2D eigenvalue weighted by atomic mass is 35.5. The molecule has 1 nitrogen and oxygen atoms in total. The van der Waals surface area contributed by atoms with Crippen LogP contribution in [0.25, 0.3) is 11.1 Å². The van der Waals surface area contributed by atoms with Gasteiger partial charge in [0.2, 0.25) is 0 Å². The molecule has 4 heteroatoms. The van der Waals surface area contributed by atoms with E-state index in [1.165, 1.54) is 37.7 Å². The van der Waals surface area contributed by atoms with Crippen LogP contribution in [0.2, 0.25) is 10.0 Å². The van der Waals surface area contributed by atoms with Gasteiger partial charge in [0.25, 0.3) is 0 Å². The smallest absolute Gasteiger partial charge is 0.0502 e. The van der Waals surface area contributed by atoms with Gasteiger partial charge in [0.05, 0.1) is 10.0 Å². The number of halogens is 3. The summed E-state index contributed by atoms with van der Waals surface area (Å²) in [5.41, 5.74) is 10.4. The molecule has 2 N–H and O–H groups in total. The lowest BCUT2D eigenvalue weighted by Gasteiger charge is -2.31. The van der Waals surface area contributed by atoms with Crippen molar-refractivity contribution in [2.45, 2.75) is 38.5 Å². The van der Waals surface area contributed by atoms with Gasteiger partial charge in [-0.25, -0.2) is 0 Å². The highest BCUT2D eigenvalue weighted by Gasteiger charge is 2.25. The second-order valence-electron chi connectivity index (χ2n) is 7.38. The summed E-state index contributed by atoms with van der Waals surface area (Å²) >= 11 is 13.2. The van der Waals surface area contributed by atoms with Crippen LogP contribution in [0.5, 0.6) is 0 Å². The van der Waals surface area contributed by atoms with Crippen molar-refractivity contribution in [1.29, 1.82) is 0 Å². The summed E-state index contributed by atoms with van der Waals surface area (Å²) < 4.78 is 0. The van der Waals surface area contributed by atoms with Crippen molar-refractivity contribution in [3.8, 4) is 11.1 Å². The van der Waals surface area contributed by atoms with Crippen molar-refractivity contribution in [1.82, 2.24) is 0 Å². The molecular formula is C23H28Cl3N. The summed E-state index contributed by atoms with van der Waals surface area (Å²) in [6.45, 7) is 5.04. The van der Waals surface area contributed by atoms with Gasteiger partial charge in [0.1, 0.15) is 0 Å². The zero-order valence-electron chi connectivity index (χ0n) is 15.6. The molecule has 1 aliphatic rings. The van der Waals surface area contributed by atoms with Crippen LogP contribution in [0.1, 0.15) is 37.7 Å². The molecule has 146 valence electrons. The summed E-state index contributed by atoms with van der Waals surface area (Å²) in [5, 5.41) is 1.38. The summed E-state index contributed by atoms with van der Waals surface area (Å²) in [4.78, 5) is 0. The van der Waals surface area contributed by atoms with Gasteiger partial charge >= 0.3 is 0 Å². The maximum Gasteiger partial charge on any atom is 0.0502 e. The summed E-state index contributed by atoms with van der Waals surface area (Å²) in [6.07, 6.45) is 7.32. The predicted octanol–water partition coefficient (Wildman–Crippen LogP) is 7.34. The maximum absolute atomic E-state index is 6.58. The van der Waals surface area contributed by atoms with Crippen LogP contribution in [0.3, 0.4) is 0 Å². The molecule has 0 aliphatic heterocycles. The van der Waals surface area contributed by atoms with Crippen molar-refractivity contribution in [2.24, 2.45) is 17.6 Å². The first-order chi connectivity index (χ1) is 12.6. The van der Waals surface area contributed by atoms with E-state index in [1.54, 1.807) is 0 Å². The fourth-order valence-electron chi connectivity index (χ4n) is 4.23. The van der Waals surface area contributed by atoms with Crippen molar-refractivity contribution in [2.75, 3.05) is 6.54 Å². The molecule has 0 spiro atoms. The van der Waals surface area contributed by atoms with Gasteiger partial charge in [-0.3, -0.25) is 0 Å². The van der Waals surface area contributed by atoms with E-state index in [-0.39, 0.29) is 12.4 Å². The van der Waals surface area contributed by atoms with Crippen LogP contribution in [-0.4, -0.2) is 6.54 Å². The summed E-state index contributed by atoms with van der Waals surface area (Å²) in [7, 11) is 0. The Labute approximate surface area is 179 Å². The number of benzene rings is 2. The quantitative estimate of drug-likeness (QED) is 0.482. The van der Waals surface area contributed by atoms with Crippen molar-refractivity contribution in [3.05, 3.63) is 70.2 Å².